The van der Waals surface area contributed by atoms with Gasteiger partial charge in [0.05, 0.1) is 18.5 Å². The molecule has 0 unspecified atom stereocenters. The third-order valence-electron chi connectivity index (χ3n) is 4.67. The summed E-state index contributed by atoms with van der Waals surface area (Å²) in [6.07, 6.45) is 0.0726. The third kappa shape index (κ3) is 4.95. The Balaban J connectivity index is 1.61. The van der Waals surface area contributed by atoms with Gasteiger partial charge >= 0.3 is 0 Å². The first-order chi connectivity index (χ1) is 15.1. The summed E-state index contributed by atoms with van der Waals surface area (Å²) in [6.45, 7) is 0. The van der Waals surface area contributed by atoms with Gasteiger partial charge in [-0.05, 0) is 36.4 Å². The molecule has 0 aromatic heterocycles. The molecular formula is C24H21N3O3S. The van der Waals surface area contributed by atoms with E-state index in [0.717, 1.165) is 5.69 Å². The van der Waals surface area contributed by atoms with E-state index in [2.05, 4.69) is 10.3 Å². The number of nitrogens with zero attached hydrogens (tertiary/aromatic N) is 2. The molecule has 1 atom stereocenters. The SMILES string of the molecule is COc1cccc(NC(=O)[C@H]2CC(=O)N(c3ccccc3)C(=Nc3ccccc3)S2)c1. The number of hydrogen-bond donors (Lipinski definition) is 1. The lowest BCUT2D eigenvalue weighted by atomic mass is 10.2. The molecule has 0 bridgehead atoms. The molecule has 1 saturated heterocycles. The molecule has 6 nitrogen and oxygen atoms in total. The number of nitrogens with one attached hydrogen (secondary N) is 1. The molecule has 1 fully saturated rings. The first-order valence-corrected chi connectivity index (χ1v) is 10.7. The van der Waals surface area contributed by atoms with Crippen molar-refractivity contribution >= 4 is 45.8 Å². The van der Waals surface area contributed by atoms with Gasteiger partial charge < -0.3 is 10.1 Å². The van der Waals surface area contributed by atoms with Crippen molar-refractivity contribution in [2.45, 2.75) is 11.7 Å². The molecule has 7 heteroatoms. The lowest BCUT2D eigenvalue weighted by molar-refractivity contribution is -0.121. The van der Waals surface area contributed by atoms with E-state index in [1.54, 1.807) is 36.3 Å². The number of amides is 2. The van der Waals surface area contributed by atoms with Crippen LogP contribution in [0.4, 0.5) is 17.1 Å². The number of aliphatic imine (C=N–C) groups is 1. The topological polar surface area (TPSA) is 71.0 Å². The number of hydrogen-bond acceptors (Lipinski definition) is 5. The molecular weight excluding hydrogens is 410 g/mol. The molecule has 2 amide bonds. The van der Waals surface area contributed by atoms with Crippen LogP contribution in [-0.2, 0) is 9.59 Å². The van der Waals surface area contributed by atoms with Crippen LogP contribution in [0.3, 0.4) is 0 Å². The third-order valence-corrected chi connectivity index (χ3v) is 5.82. The summed E-state index contributed by atoms with van der Waals surface area (Å²) >= 11 is 1.28. The lowest BCUT2D eigenvalue weighted by Crippen LogP contribution is -2.45. The highest BCUT2D eigenvalue weighted by molar-refractivity contribution is 8.15. The molecule has 1 aliphatic heterocycles. The first-order valence-electron chi connectivity index (χ1n) is 9.77. The number of rotatable bonds is 5. The number of anilines is 2. The van der Waals surface area contributed by atoms with Crippen molar-refractivity contribution in [2.75, 3.05) is 17.3 Å². The first kappa shape index (κ1) is 20.7. The minimum Gasteiger partial charge on any atom is -0.497 e. The summed E-state index contributed by atoms with van der Waals surface area (Å²) in [7, 11) is 1.57. The predicted octanol–water partition coefficient (Wildman–Crippen LogP) is 4.86. The zero-order valence-corrected chi connectivity index (χ0v) is 17.7. The van der Waals surface area contributed by atoms with E-state index in [0.29, 0.717) is 22.3 Å². The van der Waals surface area contributed by atoms with Gasteiger partial charge in [0.25, 0.3) is 0 Å². The van der Waals surface area contributed by atoms with Gasteiger partial charge in [-0.1, -0.05) is 54.2 Å². The molecule has 0 saturated carbocycles. The number of carbonyl (C=O) groups excluding carboxylic acids is 2. The van der Waals surface area contributed by atoms with Crippen molar-refractivity contribution in [3.8, 4) is 5.75 Å². The van der Waals surface area contributed by atoms with E-state index in [1.165, 1.54) is 11.8 Å². The summed E-state index contributed by atoms with van der Waals surface area (Å²) < 4.78 is 5.21. The maximum absolute atomic E-state index is 13.1. The molecule has 1 aliphatic rings. The Kier molecular flexibility index (Phi) is 6.33. The highest BCUT2D eigenvalue weighted by atomic mass is 32.2. The van der Waals surface area contributed by atoms with Gasteiger partial charge in [-0.15, -0.1) is 0 Å². The number of amidine groups is 1. The van der Waals surface area contributed by atoms with Gasteiger partial charge in [0.1, 0.15) is 11.0 Å². The van der Waals surface area contributed by atoms with Crippen LogP contribution < -0.4 is 15.0 Å². The number of benzene rings is 3. The van der Waals surface area contributed by atoms with Gasteiger partial charge in [-0.25, -0.2) is 4.99 Å². The molecule has 31 heavy (non-hydrogen) atoms. The fourth-order valence-electron chi connectivity index (χ4n) is 3.17. The average Bonchev–Trinajstić information content (AvgIpc) is 2.80. The molecule has 0 aliphatic carbocycles. The minimum absolute atomic E-state index is 0.0726. The number of thioether (sulfide) groups is 1. The summed E-state index contributed by atoms with van der Waals surface area (Å²) in [6, 6.07) is 25.9. The average molecular weight is 432 g/mol. The normalized spacial score (nSPS) is 17.5. The van der Waals surface area contributed by atoms with Crippen LogP contribution in [0.25, 0.3) is 0 Å². The number of ether oxygens (including phenoxy) is 1. The Morgan fingerprint density at radius 3 is 2.45 bits per heavy atom. The molecule has 1 N–H and O–H groups in total. The Morgan fingerprint density at radius 1 is 1.03 bits per heavy atom. The lowest BCUT2D eigenvalue weighted by Gasteiger charge is -2.31. The van der Waals surface area contributed by atoms with Crippen LogP contribution in [0.1, 0.15) is 6.42 Å². The fourth-order valence-corrected chi connectivity index (χ4v) is 4.29. The summed E-state index contributed by atoms with van der Waals surface area (Å²) in [5.74, 6) is 0.220. The molecule has 0 radical (unpaired) electrons. The van der Waals surface area contributed by atoms with Crippen molar-refractivity contribution in [2.24, 2.45) is 4.99 Å². The van der Waals surface area contributed by atoms with Crippen molar-refractivity contribution in [1.29, 1.82) is 0 Å². The molecule has 3 aromatic rings. The minimum atomic E-state index is -0.596. The number of para-hydroxylation sites is 2. The predicted molar refractivity (Wildman–Crippen MR) is 125 cm³/mol. The van der Waals surface area contributed by atoms with Gasteiger partial charge in [0.15, 0.2) is 5.17 Å². The van der Waals surface area contributed by atoms with Crippen molar-refractivity contribution in [3.05, 3.63) is 84.9 Å². The zero-order chi connectivity index (χ0) is 21.6. The van der Waals surface area contributed by atoms with Crippen LogP contribution >= 0.6 is 11.8 Å². The highest BCUT2D eigenvalue weighted by Gasteiger charge is 2.36. The van der Waals surface area contributed by atoms with Crippen molar-refractivity contribution < 1.29 is 14.3 Å². The highest BCUT2D eigenvalue weighted by Crippen LogP contribution is 2.33. The fraction of sp³-hybridized carbons (Fsp3) is 0.125. The second-order valence-corrected chi connectivity index (χ2v) is 8.00. The Bertz CT molecular complexity index is 1100. The summed E-state index contributed by atoms with van der Waals surface area (Å²) in [5.41, 5.74) is 2.05. The van der Waals surface area contributed by atoms with E-state index in [-0.39, 0.29) is 18.2 Å². The van der Waals surface area contributed by atoms with Gasteiger partial charge in [-0.2, -0.15) is 0 Å². The van der Waals surface area contributed by atoms with E-state index >= 15 is 0 Å². The molecule has 4 rings (SSSR count). The second kappa shape index (κ2) is 9.49. The summed E-state index contributed by atoms with van der Waals surface area (Å²) in [4.78, 5) is 32.3. The van der Waals surface area contributed by atoms with Gasteiger partial charge in [0, 0.05) is 18.2 Å². The largest absolute Gasteiger partial charge is 0.497 e. The summed E-state index contributed by atoms with van der Waals surface area (Å²) in [5, 5.41) is 2.76. The number of methoxy groups -OCH3 is 1. The van der Waals surface area contributed by atoms with Crippen LogP contribution in [0.15, 0.2) is 89.9 Å². The van der Waals surface area contributed by atoms with Crippen molar-refractivity contribution in [3.63, 3.8) is 0 Å². The van der Waals surface area contributed by atoms with Crippen LogP contribution in [0, 0.1) is 0 Å². The van der Waals surface area contributed by atoms with E-state index in [9.17, 15) is 9.59 Å². The molecule has 0 spiro atoms. The second-order valence-electron chi connectivity index (χ2n) is 6.83. The zero-order valence-electron chi connectivity index (χ0n) is 16.9. The van der Waals surface area contributed by atoms with E-state index in [4.69, 9.17) is 4.74 Å². The van der Waals surface area contributed by atoms with Gasteiger partial charge in [-0.3, -0.25) is 14.5 Å². The smallest absolute Gasteiger partial charge is 0.238 e. The maximum Gasteiger partial charge on any atom is 0.238 e. The Morgan fingerprint density at radius 2 is 1.74 bits per heavy atom. The van der Waals surface area contributed by atoms with Crippen molar-refractivity contribution in [1.82, 2.24) is 0 Å². The monoisotopic (exact) mass is 431 g/mol. The molecule has 156 valence electrons. The molecule has 1 heterocycles. The number of carbonyl (C=O) groups is 2. The van der Waals surface area contributed by atoms with Crippen LogP contribution in [0.2, 0.25) is 0 Å². The van der Waals surface area contributed by atoms with Gasteiger partial charge in [0.2, 0.25) is 11.8 Å². The standard InChI is InChI=1S/C24H21N3O3S/c1-30-20-14-8-11-18(15-20)25-23(29)21-16-22(28)27(19-12-6-3-7-13-19)24(31-21)26-17-9-4-2-5-10-17/h2-15,21H,16H2,1H3,(H,25,29)/t21-/m1/s1. The van der Waals surface area contributed by atoms with Crippen LogP contribution in [0.5, 0.6) is 5.75 Å². The maximum atomic E-state index is 13.1. The van der Waals surface area contributed by atoms with E-state index in [1.807, 2.05) is 60.7 Å². The van der Waals surface area contributed by atoms with Crippen LogP contribution in [-0.4, -0.2) is 29.3 Å². The quantitative estimate of drug-likeness (QED) is 0.626. The Labute approximate surface area is 184 Å². The van der Waals surface area contributed by atoms with E-state index < -0.39 is 5.25 Å². The molecule has 3 aromatic carbocycles. The Hall–Kier alpha value is -3.58.